The fraction of sp³-hybridized carbons (Fsp3) is 0.304. The molecular weight excluding hydrogens is 450 g/mol. The van der Waals surface area contributed by atoms with Gasteiger partial charge in [-0.15, -0.1) is 0 Å². The highest BCUT2D eigenvalue weighted by molar-refractivity contribution is 7.89. The molecule has 0 aliphatic carbocycles. The number of sulfonamides is 1. The molecule has 0 atom stereocenters. The number of benzene rings is 2. The maximum Gasteiger partial charge on any atom is 0.243 e. The molecule has 4 rings (SSSR count). The summed E-state index contributed by atoms with van der Waals surface area (Å²) in [5.41, 5.74) is 2.04. The number of aromatic nitrogens is 2. The Morgan fingerprint density at radius 2 is 1.79 bits per heavy atom. The van der Waals surface area contributed by atoms with Crippen LogP contribution >= 0.6 is 0 Å². The van der Waals surface area contributed by atoms with Gasteiger partial charge in [-0.3, -0.25) is 4.79 Å². The minimum atomic E-state index is -3.93. The molecule has 1 fully saturated rings. The normalized spacial score (nSPS) is 15.5. The number of hydrogen-bond acceptors (Lipinski definition) is 4. The van der Waals surface area contributed by atoms with Gasteiger partial charge in [0.2, 0.25) is 15.9 Å². The number of nitrogens with zero attached hydrogens (tertiary/aromatic N) is 3. The molecule has 0 saturated carbocycles. The first-order valence-corrected chi connectivity index (χ1v) is 12.1. The van der Waals surface area contributed by atoms with Gasteiger partial charge in [0.05, 0.1) is 10.6 Å². The van der Waals surface area contributed by atoms with Crippen molar-refractivity contribution in [3.8, 4) is 5.69 Å². The van der Waals surface area contributed by atoms with E-state index in [1.54, 1.807) is 10.9 Å². The average Bonchev–Trinajstić information content (AvgIpc) is 3.36. The van der Waals surface area contributed by atoms with Gasteiger partial charge < -0.3 is 5.32 Å². The van der Waals surface area contributed by atoms with Crippen LogP contribution in [-0.4, -0.2) is 48.0 Å². The number of rotatable bonds is 7. The lowest BCUT2D eigenvalue weighted by Gasteiger charge is -2.30. The number of halogens is 2. The molecule has 0 bridgehead atoms. The highest BCUT2D eigenvalue weighted by Gasteiger charge is 2.32. The monoisotopic (exact) mass is 474 g/mol. The summed E-state index contributed by atoms with van der Waals surface area (Å²) in [7, 11) is -3.93. The van der Waals surface area contributed by atoms with Gasteiger partial charge >= 0.3 is 0 Å². The average molecular weight is 475 g/mol. The fourth-order valence-corrected chi connectivity index (χ4v) is 5.34. The van der Waals surface area contributed by atoms with Gasteiger partial charge in [0.15, 0.2) is 11.6 Å². The van der Waals surface area contributed by atoms with E-state index in [4.69, 9.17) is 0 Å². The largest absolute Gasteiger partial charge is 0.356 e. The molecule has 1 aromatic heterocycles. The lowest BCUT2D eigenvalue weighted by Crippen LogP contribution is -2.43. The predicted octanol–water partition coefficient (Wildman–Crippen LogP) is 2.91. The quantitative estimate of drug-likeness (QED) is 0.571. The van der Waals surface area contributed by atoms with Crippen LogP contribution in [0.25, 0.3) is 5.69 Å². The number of hydrogen-bond donors (Lipinski definition) is 1. The standard InChI is InChI=1S/C23H24F2N4O3S/c24-21-7-6-20(16-22(21)25)33(31,32)28-14-9-18(10-15-28)23(30)26-12-8-17-2-4-19(5-3-17)29-13-1-11-27-29/h1-7,11,13,16,18H,8-10,12,14-15H2,(H,26,30). The molecule has 0 radical (unpaired) electrons. The van der Waals surface area contributed by atoms with Crippen molar-refractivity contribution in [3.05, 3.63) is 78.1 Å². The summed E-state index contributed by atoms with van der Waals surface area (Å²) < 4.78 is 54.9. The molecule has 1 aliphatic heterocycles. The Labute approximate surface area is 191 Å². The lowest BCUT2D eigenvalue weighted by atomic mass is 9.97. The Morgan fingerprint density at radius 1 is 1.06 bits per heavy atom. The second-order valence-electron chi connectivity index (χ2n) is 7.91. The second kappa shape index (κ2) is 9.80. The molecule has 1 aliphatic rings. The van der Waals surface area contributed by atoms with Crippen LogP contribution in [0.1, 0.15) is 18.4 Å². The number of piperidine rings is 1. The van der Waals surface area contributed by atoms with E-state index in [1.807, 2.05) is 36.5 Å². The van der Waals surface area contributed by atoms with E-state index in [0.29, 0.717) is 31.9 Å². The Kier molecular flexibility index (Phi) is 6.85. The van der Waals surface area contributed by atoms with E-state index < -0.39 is 21.7 Å². The molecule has 7 nitrogen and oxygen atoms in total. The van der Waals surface area contributed by atoms with Crippen LogP contribution < -0.4 is 5.32 Å². The van der Waals surface area contributed by atoms with Gasteiger partial charge in [0, 0.05) is 37.9 Å². The van der Waals surface area contributed by atoms with E-state index in [-0.39, 0.29) is 29.8 Å². The molecule has 0 spiro atoms. The van der Waals surface area contributed by atoms with Gasteiger partial charge in [-0.05, 0) is 61.2 Å². The van der Waals surface area contributed by atoms with E-state index in [9.17, 15) is 22.0 Å². The Morgan fingerprint density at radius 3 is 2.42 bits per heavy atom. The van der Waals surface area contributed by atoms with Gasteiger partial charge in [-0.2, -0.15) is 9.40 Å². The lowest BCUT2D eigenvalue weighted by molar-refractivity contribution is -0.126. The number of carbonyl (C=O) groups excluding carboxylic acids is 1. The van der Waals surface area contributed by atoms with Gasteiger partial charge in [0.1, 0.15) is 0 Å². The van der Waals surface area contributed by atoms with Crippen LogP contribution in [0.4, 0.5) is 8.78 Å². The third kappa shape index (κ3) is 5.28. The Balaban J connectivity index is 1.25. The SMILES string of the molecule is O=C(NCCc1ccc(-n2cccn2)cc1)C1CCN(S(=O)(=O)c2ccc(F)c(F)c2)CC1. The Bertz CT molecular complexity index is 1210. The van der Waals surface area contributed by atoms with E-state index in [0.717, 1.165) is 23.4 Å². The molecule has 10 heteroatoms. The van der Waals surface area contributed by atoms with Crippen molar-refractivity contribution in [3.63, 3.8) is 0 Å². The van der Waals surface area contributed by atoms with Gasteiger partial charge in [-0.25, -0.2) is 21.9 Å². The molecule has 1 N–H and O–H groups in total. The summed E-state index contributed by atoms with van der Waals surface area (Å²) in [6, 6.07) is 12.3. The minimum Gasteiger partial charge on any atom is -0.356 e. The summed E-state index contributed by atoms with van der Waals surface area (Å²) in [6.45, 7) is 0.774. The first kappa shape index (κ1) is 23.1. The van der Waals surface area contributed by atoms with Crippen LogP contribution in [0.2, 0.25) is 0 Å². The highest BCUT2D eigenvalue weighted by atomic mass is 32.2. The summed E-state index contributed by atoms with van der Waals surface area (Å²) in [5, 5.41) is 7.11. The van der Waals surface area contributed by atoms with E-state index in [1.165, 1.54) is 4.31 Å². The topological polar surface area (TPSA) is 84.3 Å². The predicted molar refractivity (Wildman–Crippen MR) is 118 cm³/mol. The highest BCUT2D eigenvalue weighted by Crippen LogP contribution is 2.25. The maximum absolute atomic E-state index is 13.5. The fourth-order valence-electron chi connectivity index (χ4n) is 3.86. The zero-order valence-corrected chi connectivity index (χ0v) is 18.6. The zero-order valence-electron chi connectivity index (χ0n) is 17.8. The van der Waals surface area contributed by atoms with Crippen LogP contribution in [0.15, 0.2) is 65.8 Å². The molecule has 33 heavy (non-hydrogen) atoms. The first-order chi connectivity index (χ1) is 15.8. The van der Waals surface area contributed by atoms with Crippen LogP contribution in [0.5, 0.6) is 0 Å². The van der Waals surface area contributed by atoms with Gasteiger partial charge in [0.25, 0.3) is 0 Å². The first-order valence-electron chi connectivity index (χ1n) is 10.7. The Hall–Kier alpha value is -3.11. The molecule has 2 aromatic carbocycles. The van der Waals surface area contributed by atoms with Crippen molar-refractivity contribution in [2.75, 3.05) is 19.6 Å². The molecule has 0 unspecified atom stereocenters. The molecule has 174 valence electrons. The number of nitrogens with one attached hydrogen (secondary N) is 1. The molecule has 1 saturated heterocycles. The van der Waals surface area contributed by atoms with Crippen molar-refractivity contribution >= 4 is 15.9 Å². The van der Waals surface area contributed by atoms with Gasteiger partial charge in [-0.1, -0.05) is 12.1 Å². The smallest absolute Gasteiger partial charge is 0.243 e. The second-order valence-corrected chi connectivity index (χ2v) is 9.85. The molecule has 3 aromatic rings. The molecule has 1 amide bonds. The van der Waals surface area contributed by atoms with Crippen LogP contribution in [0.3, 0.4) is 0 Å². The number of amides is 1. The van der Waals surface area contributed by atoms with Crippen molar-refractivity contribution in [1.82, 2.24) is 19.4 Å². The summed E-state index contributed by atoms with van der Waals surface area (Å²) in [4.78, 5) is 12.2. The third-order valence-electron chi connectivity index (χ3n) is 5.77. The van der Waals surface area contributed by atoms with E-state index >= 15 is 0 Å². The van der Waals surface area contributed by atoms with Crippen LogP contribution in [0, 0.1) is 17.6 Å². The zero-order chi connectivity index (χ0) is 23.4. The summed E-state index contributed by atoms with van der Waals surface area (Å²) >= 11 is 0. The van der Waals surface area contributed by atoms with Crippen molar-refractivity contribution < 1.29 is 22.0 Å². The number of carbonyl (C=O) groups is 1. The minimum absolute atomic E-state index is 0.104. The third-order valence-corrected chi connectivity index (χ3v) is 7.67. The van der Waals surface area contributed by atoms with E-state index in [2.05, 4.69) is 10.4 Å². The van der Waals surface area contributed by atoms with Crippen molar-refractivity contribution in [1.29, 1.82) is 0 Å². The van der Waals surface area contributed by atoms with Crippen molar-refractivity contribution in [2.24, 2.45) is 5.92 Å². The van der Waals surface area contributed by atoms with Crippen molar-refractivity contribution in [2.45, 2.75) is 24.2 Å². The van der Waals surface area contributed by atoms with Crippen LogP contribution in [-0.2, 0) is 21.2 Å². The molecule has 2 heterocycles. The maximum atomic E-state index is 13.5. The summed E-state index contributed by atoms with van der Waals surface area (Å²) in [5.74, 6) is -2.70. The summed E-state index contributed by atoms with van der Waals surface area (Å²) in [6.07, 6.45) is 4.99. The molecular formula is C23H24F2N4O3S.